The van der Waals surface area contributed by atoms with Gasteiger partial charge < -0.3 is 25.3 Å². The van der Waals surface area contributed by atoms with E-state index in [0.29, 0.717) is 25.7 Å². The zero-order chi connectivity index (χ0) is 16.8. The summed E-state index contributed by atoms with van der Waals surface area (Å²) >= 11 is 0. The van der Waals surface area contributed by atoms with Crippen molar-refractivity contribution in [3.05, 3.63) is 48.0 Å². The maximum absolute atomic E-state index is 5.97. The van der Waals surface area contributed by atoms with Crippen LogP contribution in [0.2, 0.25) is 0 Å². The highest BCUT2D eigenvalue weighted by atomic mass is 16.5. The van der Waals surface area contributed by atoms with Crippen LogP contribution >= 0.6 is 0 Å². The largest absolute Gasteiger partial charge is 0.497 e. The highest BCUT2D eigenvalue weighted by Gasteiger charge is 2.14. The molecule has 24 heavy (non-hydrogen) atoms. The minimum absolute atomic E-state index is 0.340. The average molecular weight is 327 g/mol. The minimum Gasteiger partial charge on any atom is -0.497 e. The van der Waals surface area contributed by atoms with Crippen LogP contribution in [0.3, 0.4) is 0 Å². The molecule has 0 unspecified atom stereocenters. The van der Waals surface area contributed by atoms with E-state index in [4.69, 9.17) is 19.9 Å². The quantitative estimate of drug-likeness (QED) is 0.667. The lowest BCUT2D eigenvalue weighted by Crippen LogP contribution is -2.22. The van der Waals surface area contributed by atoms with Gasteiger partial charge in [-0.15, -0.1) is 0 Å². The fraction of sp³-hybridized carbons (Fsp3) is 0.278. The number of para-hydroxylation sites is 1. The normalized spacial score (nSPS) is 14.0. The van der Waals surface area contributed by atoms with E-state index >= 15 is 0 Å². The number of hydrogen-bond acceptors (Lipinski definition) is 4. The number of fused-ring (bicyclic) bond motifs is 1. The van der Waals surface area contributed by atoms with Gasteiger partial charge in [-0.3, -0.25) is 0 Å². The van der Waals surface area contributed by atoms with Gasteiger partial charge in [-0.05, 0) is 30.3 Å². The molecule has 6 nitrogen and oxygen atoms in total. The first-order valence-electron chi connectivity index (χ1n) is 7.85. The van der Waals surface area contributed by atoms with Crippen LogP contribution < -0.4 is 25.3 Å². The third-order valence-electron chi connectivity index (χ3n) is 3.64. The number of nitrogens with zero attached hydrogens (tertiary/aromatic N) is 1. The Kier molecular flexibility index (Phi) is 5.05. The molecule has 6 heteroatoms. The number of anilines is 1. The molecule has 0 fully saturated rings. The van der Waals surface area contributed by atoms with Gasteiger partial charge in [0.1, 0.15) is 5.75 Å². The van der Waals surface area contributed by atoms with Crippen molar-refractivity contribution in [3.63, 3.8) is 0 Å². The summed E-state index contributed by atoms with van der Waals surface area (Å²) < 4.78 is 16.6. The Labute approximate surface area is 141 Å². The molecule has 0 saturated heterocycles. The van der Waals surface area contributed by atoms with Gasteiger partial charge in [0.15, 0.2) is 17.5 Å². The summed E-state index contributed by atoms with van der Waals surface area (Å²) in [5.41, 5.74) is 7.77. The number of methoxy groups -OCH3 is 1. The zero-order valence-corrected chi connectivity index (χ0v) is 13.6. The monoisotopic (exact) mass is 327 g/mol. The number of hydrogen-bond donors (Lipinski definition) is 2. The standard InChI is InChI=1S/C18H21N3O3/c1-22-15-8-6-14(7-9-15)21-18(19)20-12-13-4-2-5-16-17(13)24-11-3-10-23-16/h2,4-9H,3,10-12H2,1H3,(H3,19,20,21). The maximum atomic E-state index is 5.97. The molecular weight excluding hydrogens is 306 g/mol. The molecule has 0 spiro atoms. The van der Waals surface area contributed by atoms with E-state index < -0.39 is 0 Å². The third kappa shape index (κ3) is 3.90. The number of nitrogens with one attached hydrogen (secondary N) is 1. The van der Waals surface area contributed by atoms with Crippen LogP contribution in [-0.4, -0.2) is 26.3 Å². The second-order valence-electron chi connectivity index (χ2n) is 5.35. The van der Waals surface area contributed by atoms with Crippen molar-refractivity contribution in [2.75, 3.05) is 25.6 Å². The van der Waals surface area contributed by atoms with Gasteiger partial charge in [0.2, 0.25) is 0 Å². The SMILES string of the molecule is COc1ccc(NC(N)=NCc2cccc3c2OCCCO3)cc1. The van der Waals surface area contributed by atoms with Gasteiger partial charge in [0.25, 0.3) is 0 Å². The Bertz CT molecular complexity index is 714. The lowest BCUT2D eigenvalue weighted by Gasteiger charge is -2.11. The van der Waals surface area contributed by atoms with Gasteiger partial charge in [0, 0.05) is 17.7 Å². The molecule has 3 rings (SSSR count). The number of guanidine groups is 1. The van der Waals surface area contributed by atoms with Gasteiger partial charge in [0.05, 0.1) is 26.9 Å². The fourth-order valence-electron chi connectivity index (χ4n) is 2.41. The molecule has 0 aromatic heterocycles. The smallest absolute Gasteiger partial charge is 0.193 e. The summed E-state index contributed by atoms with van der Waals surface area (Å²) in [5, 5.41) is 3.06. The number of ether oxygens (including phenoxy) is 3. The Morgan fingerprint density at radius 1 is 1.17 bits per heavy atom. The highest BCUT2D eigenvalue weighted by molar-refractivity contribution is 5.92. The van der Waals surface area contributed by atoms with Crippen molar-refractivity contribution in [3.8, 4) is 17.2 Å². The van der Waals surface area contributed by atoms with Gasteiger partial charge >= 0.3 is 0 Å². The molecular formula is C18H21N3O3. The first kappa shape index (κ1) is 16.0. The van der Waals surface area contributed by atoms with E-state index in [1.54, 1.807) is 7.11 Å². The Morgan fingerprint density at radius 3 is 2.75 bits per heavy atom. The van der Waals surface area contributed by atoms with E-state index in [9.17, 15) is 0 Å². The number of benzene rings is 2. The summed E-state index contributed by atoms with van der Waals surface area (Å²) in [6.45, 7) is 1.73. The van der Waals surface area contributed by atoms with Crippen LogP contribution in [0.1, 0.15) is 12.0 Å². The van der Waals surface area contributed by atoms with Crippen molar-refractivity contribution in [1.82, 2.24) is 0 Å². The highest BCUT2D eigenvalue weighted by Crippen LogP contribution is 2.33. The van der Waals surface area contributed by atoms with Gasteiger partial charge in [-0.1, -0.05) is 12.1 Å². The van der Waals surface area contributed by atoms with Crippen molar-refractivity contribution in [2.45, 2.75) is 13.0 Å². The van der Waals surface area contributed by atoms with E-state index in [-0.39, 0.29) is 0 Å². The molecule has 0 aliphatic carbocycles. The van der Waals surface area contributed by atoms with Crippen LogP contribution in [0.5, 0.6) is 17.2 Å². The van der Waals surface area contributed by atoms with Crippen molar-refractivity contribution >= 4 is 11.6 Å². The lowest BCUT2D eigenvalue weighted by molar-refractivity contribution is 0.296. The average Bonchev–Trinajstić information content (AvgIpc) is 2.86. The molecule has 0 atom stereocenters. The van der Waals surface area contributed by atoms with Crippen LogP contribution in [-0.2, 0) is 6.54 Å². The van der Waals surface area contributed by atoms with Crippen molar-refractivity contribution in [2.24, 2.45) is 10.7 Å². The topological polar surface area (TPSA) is 78.1 Å². The maximum Gasteiger partial charge on any atom is 0.193 e. The van der Waals surface area contributed by atoms with Gasteiger partial charge in [-0.2, -0.15) is 0 Å². The van der Waals surface area contributed by atoms with E-state index in [2.05, 4.69) is 10.3 Å². The zero-order valence-electron chi connectivity index (χ0n) is 13.6. The summed E-state index contributed by atoms with van der Waals surface area (Å²) in [6.07, 6.45) is 0.874. The van der Waals surface area contributed by atoms with Crippen LogP contribution in [0.25, 0.3) is 0 Å². The Hall–Kier alpha value is -2.89. The number of rotatable bonds is 4. The minimum atomic E-state index is 0.340. The number of aliphatic imine (C=N–C) groups is 1. The molecule has 0 saturated carbocycles. The molecule has 2 aromatic rings. The molecule has 3 N–H and O–H groups in total. The van der Waals surface area contributed by atoms with Crippen molar-refractivity contribution < 1.29 is 14.2 Å². The first-order chi connectivity index (χ1) is 11.8. The van der Waals surface area contributed by atoms with Gasteiger partial charge in [-0.25, -0.2) is 4.99 Å². The summed E-state index contributed by atoms with van der Waals surface area (Å²) in [7, 11) is 1.63. The van der Waals surface area contributed by atoms with E-state index in [1.807, 2.05) is 42.5 Å². The predicted molar refractivity (Wildman–Crippen MR) is 94.0 cm³/mol. The second kappa shape index (κ2) is 7.59. The Balaban J connectivity index is 1.68. The molecule has 126 valence electrons. The van der Waals surface area contributed by atoms with E-state index in [1.165, 1.54) is 0 Å². The molecule has 1 aliphatic rings. The Morgan fingerprint density at radius 2 is 1.96 bits per heavy atom. The summed E-state index contributed by atoms with van der Waals surface area (Å²) in [6, 6.07) is 13.3. The second-order valence-corrected chi connectivity index (χ2v) is 5.35. The molecule has 1 aliphatic heterocycles. The molecule has 0 radical (unpaired) electrons. The molecule has 2 aromatic carbocycles. The first-order valence-corrected chi connectivity index (χ1v) is 7.85. The molecule has 1 heterocycles. The molecule has 0 amide bonds. The van der Waals surface area contributed by atoms with Crippen molar-refractivity contribution in [1.29, 1.82) is 0 Å². The summed E-state index contributed by atoms with van der Waals surface area (Å²) in [4.78, 5) is 4.39. The van der Waals surface area contributed by atoms with Crippen LogP contribution in [0, 0.1) is 0 Å². The van der Waals surface area contributed by atoms with Crippen LogP contribution in [0.15, 0.2) is 47.5 Å². The predicted octanol–water partition coefficient (Wildman–Crippen LogP) is 2.78. The van der Waals surface area contributed by atoms with E-state index in [0.717, 1.165) is 34.9 Å². The lowest BCUT2D eigenvalue weighted by atomic mass is 10.2. The fourth-order valence-corrected chi connectivity index (χ4v) is 2.41. The summed E-state index contributed by atoms with van der Waals surface area (Å²) in [5.74, 6) is 2.66. The molecule has 0 bridgehead atoms. The third-order valence-corrected chi connectivity index (χ3v) is 3.64. The van der Waals surface area contributed by atoms with Crippen LogP contribution in [0.4, 0.5) is 5.69 Å². The number of nitrogens with two attached hydrogens (primary N) is 1.